The van der Waals surface area contributed by atoms with E-state index in [1.54, 1.807) is 12.1 Å². The van der Waals surface area contributed by atoms with Crippen molar-refractivity contribution in [2.75, 3.05) is 33.4 Å². The highest BCUT2D eigenvalue weighted by Gasteiger charge is 2.14. The fourth-order valence-corrected chi connectivity index (χ4v) is 3.83. The van der Waals surface area contributed by atoms with Crippen molar-refractivity contribution in [3.8, 4) is 5.75 Å². The van der Waals surface area contributed by atoms with E-state index in [1.165, 1.54) is 7.11 Å². The molecule has 20 heavy (non-hydrogen) atoms. The van der Waals surface area contributed by atoms with Crippen LogP contribution in [0.15, 0.2) is 12.1 Å². The van der Waals surface area contributed by atoms with E-state index in [0.29, 0.717) is 12.2 Å². The highest BCUT2D eigenvalue weighted by atomic mass is 127. The van der Waals surface area contributed by atoms with Gasteiger partial charge >= 0.3 is 5.97 Å². The molecule has 1 rings (SSSR count). The molecule has 0 heterocycles. The molecule has 0 fully saturated rings. The lowest BCUT2D eigenvalue weighted by atomic mass is 10.2. The molecule has 0 aliphatic rings. The summed E-state index contributed by atoms with van der Waals surface area (Å²) in [6, 6.07) is 3.59. The smallest absolute Gasteiger partial charge is 0.337 e. The van der Waals surface area contributed by atoms with E-state index in [9.17, 15) is 4.79 Å². The third-order valence-electron chi connectivity index (χ3n) is 2.97. The van der Waals surface area contributed by atoms with Crippen LogP contribution in [0.5, 0.6) is 5.75 Å². The van der Waals surface area contributed by atoms with Crippen molar-refractivity contribution in [2.24, 2.45) is 0 Å². The zero-order valence-electron chi connectivity index (χ0n) is 11.9. The SMILES string of the molecule is CCN(CC)CCOc1c(I)cc(C(=O)OC)cc1I. The number of carbonyl (C=O) groups excluding carboxylic acids is 1. The van der Waals surface area contributed by atoms with Gasteiger partial charge in [-0.2, -0.15) is 0 Å². The van der Waals surface area contributed by atoms with Gasteiger partial charge in [-0.25, -0.2) is 4.79 Å². The number of rotatable bonds is 7. The molecule has 0 aliphatic heterocycles. The summed E-state index contributed by atoms with van der Waals surface area (Å²) in [6.07, 6.45) is 0. The molecular weight excluding hydrogens is 484 g/mol. The highest BCUT2D eigenvalue weighted by molar-refractivity contribution is 14.1. The second kappa shape index (κ2) is 9.04. The van der Waals surface area contributed by atoms with Gasteiger partial charge in [-0.15, -0.1) is 0 Å². The molecule has 112 valence electrons. The van der Waals surface area contributed by atoms with Crippen LogP contribution in [0.25, 0.3) is 0 Å². The minimum absolute atomic E-state index is 0.324. The summed E-state index contributed by atoms with van der Waals surface area (Å²) >= 11 is 4.37. The van der Waals surface area contributed by atoms with Gasteiger partial charge in [0.2, 0.25) is 0 Å². The van der Waals surface area contributed by atoms with Crippen LogP contribution in [-0.2, 0) is 4.74 Å². The Balaban J connectivity index is 2.74. The molecule has 0 aromatic heterocycles. The normalized spacial score (nSPS) is 10.7. The van der Waals surface area contributed by atoms with Crippen LogP contribution in [0.3, 0.4) is 0 Å². The van der Waals surface area contributed by atoms with E-state index in [2.05, 4.69) is 63.9 Å². The number of esters is 1. The summed E-state index contributed by atoms with van der Waals surface area (Å²) in [5.74, 6) is 0.515. The summed E-state index contributed by atoms with van der Waals surface area (Å²) < 4.78 is 12.4. The molecule has 1 aromatic rings. The van der Waals surface area contributed by atoms with Crippen molar-refractivity contribution in [3.05, 3.63) is 24.8 Å². The number of methoxy groups -OCH3 is 1. The van der Waals surface area contributed by atoms with Crippen LogP contribution in [-0.4, -0.2) is 44.2 Å². The van der Waals surface area contributed by atoms with Gasteiger partial charge in [0.15, 0.2) is 0 Å². The summed E-state index contributed by atoms with van der Waals surface area (Å²) in [4.78, 5) is 13.8. The lowest BCUT2D eigenvalue weighted by Gasteiger charge is -2.19. The lowest BCUT2D eigenvalue weighted by Crippen LogP contribution is -2.28. The molecule has 0 saturated carbocycles. The molecule has 0 unspecified atom stereocenters. The van der Waals surface area contributed by atoms with Gasteiger partial charge in [-0.3, -0.25) is 0 Å². The summed E-state index contributed by atoms with van der Waals surface area (Å²) in [6.45, 7) is 7.87. The second-order valence-electron chi connectivity index (χ2n) is 4.14. The maximum Gasteiger partial charge on any atom is 0.337 e. The first-order valence-electron chi connectivity index (χ1n) is 6.45. The Morgan fingerprint density at radius 2 is 1.75 bits per heavy atom. The van der Waals surface area contributed by atoms with E-state index >= 15 is 0 Å². The standard InChI is InChI=1S/C14H19I2NO3/c1-4-17(5-2)6-7-20-13-11(15)8-10(9-12(13)16)14(18)19-3/h8-9H,4-7H2,1-3H3. The maximum absolute atomic E-state index is 11.5. The van der Waals surface area contributed by atoms with Crippen molar-refractivity contribution >= 4 is 51.2 Å². The molecule has 1 aromatic carbocycles. The third kappa shape index (κ3) is 5.03. The fourth-order valence-electron chi connectivity index (χ4n) is 1.75. The lowest BCUT2D eigenvalue weighted by molar-refractivity contribution is 0.0600. The van der Waals surface area contributed by atoms with Crippen LogP contribution in [0.1, 0.15) is 24.2 Å². The quantitative estimate of drug-likeness (QED) is 0.423. The average molecular weight is 503 g/mol. The molecule has 4 nitrogen and oxygen atoms in total. The first-order chi connectivity index (χ1) is 9.53. The number of halogens is 2. The van der Waals surface area contributed by atoms with Crippen molar-refractivity contribution in [2.45, 2.75) is 13.8 Å². The maximum atomic E-state index is 11.5. The van der Waals surface area contributed by atoms with Gasteiger partial charge in [0.05, 0.1) is 19.8 Å². The number of likely N-dealkylation sites (N-methyl/N-ethyl adjacent to an activating group) is 1. The van der Waals surface area contributed by atoms with Gasteiger partial charge in [-0.05, 0) is 70.4 Å². The first-order valence-corrected chi connectivity index (χ1v) is 8.61. The predicted molar refractivity (Wildman–Crippen MR) is 96.5 cm³/mol. The average Bonchev–Trinajstić information content (AvgIpc) is 2.44. The van der Waals surface area contributed by atoms with E-state index in [0.717, 1.165) is 32.5 Å². The minimum atomic E-state index is -0.324. The molecular formula is C14H19I2NO3. The van der Waals surface area contributed by atoms with E-state index in [1.807, 2.05) is 0 Å². The van der Waals surface area contributed by atoms with Crippen molar-refractivity contribution < 1.29 is 14.3 Å². The molecule has 0 atom stereocenters. The largest absolute Gasteiger partial charge is 0.490 e. The van der Waals surface area contributed by atoms with Crippen LogP contribution in [0, 0.1) is 7.14 Å². The number of hydrogen-bond donors (Lipinski definition) is 0. The third-order valence-corrected chi connectivity index (χ3v) is 4.57. The summed E-state index contributed by atoms with van der Waals surface area (Å²) in [5.41, 5.74) is 0.553. The van der Waals surface area contributed by atoms with Gasteiger partial charge in [0.25, 0.3) is 0 Å². The molecule has 0 radical (unpaired) electrons. The first kappa shape index (κ1) is 18.0. The van der Waals surface area contributed by atoms with Gasteiger partial charge in [-0.1, -0.05) is 13.8 Å². The molecule has 0 N–H and O–H groups in total. The molecule has 0 amide bonds. The summed E-state index contributed by atoms with van der Waals surface area (Å²) in [7, 11) is 1.39. The monoisotopic (exact) mass is 503 g/mol. The molecule has 0 bridgehead atoms. The Labute approximate surface area is 147 Å². The Kier molecular flexibility index (Phi) is 8.11. The molecule has 0 saturated heterocycles. The van der Waals surface area contributed by atoms with Crippen molar-refractivity contribution in [1.29, 1.82) is 0 Å². The number of carbonyl (C=O) groups is 1. The molecule has 0 aliphatic carbocycles. The highest BCUT2D eigenvalue weighted by Crippen LogP contribution is 2.29. The minimum Gasteiger partial charge on any atom is -0.490 e. The van der Waals surface area contributed by atoms with Crippen molar-refractivity contribution in [1.82, 2.24) is 4.90 Å². The van der Waals surface area contributed by atoms with E-state index in [4.69, 9.17) is 9.47 Å². The topological polar surface area (TPSA) is 38.8 Å². The van der Waals surface area contributed by atoms with Crippen molar-refractivity contribution in [3.63, 3.8) is 0 Å². The summed E-state index contributed by atoms with van der Waals surface area (Å²) in [5, 5.41) is 0. The number of nitrogens with zero attached hydrogens (tertiary/aromatic N) is 1. The number of benzene rings is 1. The van der Waals surface area contributed by atoms with Crippen LogP contribution in [0.4, 0.5) is 0 Å². The Bertz CT molecular complexity index is 439. The van der Waals surface area contributed by atoms with Crippen LogP contribution < -0.4 is 4.74 Å². The van der Waals surface area contributed by atoms with E-state index < -0.39 is 0 Å². The van der Waals surface area contributed by atoms with Gasteiger partial charge in [0, 0.05) is 6.54 Å². The van der Waals surface area contributed by atoms with E-state index in [-0.39, 0.29) is 5.97 Å². The Morgan fingerprint density at radius 3 is 2.20 bits per heavy atom. The zero-order chi connectivity index (χ0) is 15.1. The number of hydrogen-bond acceptors (Lipinski definition) is 4. The Hall–Kier alpha value is -0.0900. The second-order valence-corrected chi connectivity index (χ2v) is 6.46. The fraction of sp³-hybridized carbons (Fsp3) is 0.500. The van der Waals surface area contributed by atoms with Crippen LogP contribution in [0.2, 0.25) is 0 Å². The van der Waals surface area contributed by atoms with Crippen LogP contribution >= 0.6 is 45.2 Å². The predicted octanol–water partition coefficient (Wildman–Crippen LogP) is 3.40. The van der Waals surface area contributed by atoms with Gasteiger partial charge in [0.1, 0.15) is 12.4 Å². The van der Waals surface area contributed by atoms with Gasteiger partial charge < -0.3 is 14.4 Å². The zero-order valence-corrected chi connectivity index (χ0v) is 16.2. The molecule has 0 spiro atoms. The Morgan fingerprint density at radius 1 is 1.20 bits per heavy atom. The number of ether oxygens (including phenoxy) is 2. The molecule has 6 heteroatoms.